The zero-order chi connectivity index (χ0) is 23.8. The highest BCUT2D eigenvalue weighted by Gasteiger charge is 2.42. The average Bonchev–Trinajstić information content (AvgIpc) is 3.36. The van der Waals surface area contributed by atoms with Gasteiger partial charge in [-0.15, -0.1) is 0 Å². The summed E-state index contributed by atoms with van der Waals surface area (Å²) in [6.07, 6.45) is 26.3. The normalized spacial score (nSPS) is 23.2. The van der Waals surface area contributed by atoms with Crippen molar-refractivity contribution in [2.24, 2.45) is 0 Å². The molecule has 33 heavy (non-hydrogen) atoms. The first-order valence-electron chi connectivity index (χ1n) is 13.2. The van der Waals surface area contributed by atoms with E-state index >= 15 is 0 Å². The Morgan fingerprint density at radius 1 is 0.818 bits per heavy atom. The van der Waals surface area contributed by atoms with Gasteiger partial charge in [-0.2, -0.15) is 0 Å². The number of rotatable bonds is 17. The van der Waals surface area contributed by atoms with Crippen LogP contribution in [0.15, 0.2) is 35.5 Å². The summed E-state index contributed by atoms with van der Waals surface area (Å²) in [6.45, 7) is 2.27. The molecule has 2 aliphatic rings. The van der Waals surface area contributed by atoms with Crippen molar-refractivity contribution in [1.82, 2.24) is 0 Å². The van der Waals surface area contributed by atoms with Crippen molar-refractivity contribution in [3.63, 3.8) is 0 Å². The Balaban J connectivity index is 1.53. The first-order chi connectivity index (χ1) is 16.1. The second-order valence-electron chi connectivity index (χ2n) is 9.45. The molecule has 5 heteroatoms. The number of esters is 2. The monoisotopic (exact) mass is 460 g/mol. The third kappa shape index (κ3) is 10.3. The van der Waals surface area contributed by atoms with Crippen LogP contribution in [0.5, 0.6) is 0 Å². The first-order valence-corrected chi connectivity index (χ1v) is 13.2. The number of aliphatic hydroxyl groups is 1. The topological polar surface area (TPSA) is 72.8 Å². The molecule has 5 nitrogen and oxygen atoms in total. The average molecular weight is 461 g/mol. The van der Waals surface area contributed by atoms with Crippen LogP contribution in [0.2, 0.25) is 0 Å². The van der Waals surface area contributed by atoms with Crippen molar-refractivity contribution in [2.75, 3.05) is 13.2 Å². The number of unbranched alkanes of at least 4 members (excludes halogenated alkanes) is 12. The van der Waals surface area contributed by atoms with E-state index in [4.69, 9.17) is 9.47 Å². The molecule has 0 radical (unpaired) electrons. The fraction of sp³-hybridized carbons (Fsp3) is 0.714. The Kier molecular flexibility index (Phi) is 13.2. The van der Waals surface area contributed by atoms with Crippen LogP contribution in [-0.2, 0) is 19.1 Å². The van der Waals surface area contributed by atoms with E-state index in [1.807, 2.05) is 6.08 Å². The Morgan fingerprint density at radius 3 is 2.00 bits per heavy atom. The zero-order valence-corrected chi connectivity index (χ0v) is 20.6. The van der Waals surface area contributed by atoms with Crippen LogP contribution in [0.1, 0.15) is 110 Å². The second-order valence-corrected chi connectivity index (χ2v) is 9.45. The summed E-state index contributed by atoms with van der Waals surface area (Å²) >= 11 is 0. The molecule has 0 spiro atoms. The number of hydrogen-bond acceptors (Lipinski definition) is 5. The summed E-state index contributed by atoms with van der Waals surface area (Å²) < 4.78 is 10.4. The molecule has 0 aromatic rings. The van der Waals surface area contributed by atoms with E-state index in [0.29, 0.717) is 30.6 Å². The van der Waals surface area contributed by atoms with Crippen molar-refractivity contribution >= 4 is 11.9 Å². The third-order valence-corrected chi connectivity index (χ3v) is 6.48. The van der Waals surface area contributed by atoms with Gasteiger partial charge in [0.25, 0.3) is 0 Å². The predicted octanol–water partition coefficient (Wildman–Crippen LogP) is 6.50. The molecule has 1 atom stereocenters. The van der Waals surface area contributed by atoms with Gasteiger partial charge in [0.2, 0.25) is 0 Å². The number of ether oxygens (including phenoxy) is 2. The SMILES string of the molecule is CCCCCCCC/C=C\CCCCCCC/C=C1/C[C@](/C=C2\CCOC2=O)(CO)OC1=O. The van der Waals surface area contributed by atoms with Gasteiger partial charge in [-0.05, 0) is 44.6 Å². The number of carbonyl (C=O) groups is 2. The zero-order valence-electron chi connectivity index (χ0n) is 20.6. The number of carbonyl (C=O) groups excluding carboxylic acids is 2. The molecule has 0 aromatic carbocycles. The van der Waals surface area contributed by atoms with Crippen LogP contribution in [-0.4, -0.2) is 35.9 Å². The maximum atomic E-state index is 12.2. The van der Waals surface area contributed by atoms with E-state index in [0.717, 1.165) is 19.3 Å². The van der Waals surface area contributed by atoms with Crippen LogP contribution < -0.4 is 0 Å². The van der Waals surface area contributed by atoms with Gasteiger partial charge in [0, 0.05) is 24.0 Å². The van der Waals surface area contributed by atoms with Crippen molar-refractivity contribution in [3.05, 3.63) is 35.5 Å². The van der Waals surface area contributed by atoms with Crippen LogP contribution in [0.3, 0.4) is 0 Å². The molecule has 0 amide bonds. The molecule has 1 N–H and O–H groups in total. The van der Waals surface area contributed by atoms with E-state index in [9.17, 15) is 14.7 Å². The molecule has 0 aromatic heterocycles. The highest BCUT2D eigenvalue weighted by molar-refractivity contribution is 5.93. The smallest absolute Gasteiger partial charge is 0.334 e. The Hall–Kier alpha value is -1.88. The van der Waals surface area contributed by atoms with E-state index in [-0.39, 0.29) is 18.5 Å². The molecule has 2 fully saturated rings. The molecule has 2 saturated heterocycles. The molecule has 2 aliphatic heterocycles. The Morgan fingerprint density at radius 2 is 1.42 bits per heavy atom. The number of allylic oxidation sites excluding steroid dienone is 3. The van der Waals surface area contributed by atoms with Crippen molar-refractivity contribution < 1.29 is 24.2 Å². The van der Waals surface area contributed by atoms with Crippen molar-refractivity contribution in [2.45, 2.75) is 115 Å². The van der Waals surface area contributed by atoms with Crippen LogP contribution >= 0.6 is 0 Å². The van der Waals surface area contributed by atoms with Crippen molar-refractivity contribution in [1.29, 1.82) is 0 Å². The van der Waals surface area contributed by atoms with E-state index in [1.54, 1.807) is 6.08 Å². The Bertz CT molecular complexity index is 690. The Labute approximate surface area is 200 Å². The van der Waals surface area contributed by atoms with Gasteiger partial charge in [0.05, 0.1) is 13.2 Å². The molecule has 0 unspecified atom stereocenters. The molecular weight excluding hydrogens is 416 g/mol. The van der Waals surface area contributed by atoms with Gasteiger partial charge in [0.15, 0.2) is 5.60 Å². The molecule has 0 bridgehead atoms. The summed E-state index contributed by atoms with van der Waals surface area (Å²) in [6, 6.07) is 0. The lowest BCUT2D eigenvalue weighted by atomic mass is 9.94. The van der Waals surface area contributed by atoms with Crippen molar-refractivity contribution in [3.8, 4) is 0 Å². The summed E-state index contributed by atoms with van der Waals surface area (Å²) in [5.74, 6) is -0.774. The molecule has 2 heterocycles. The minimum Gasteiger partial charge on any atom is -0.462 e. The summed E-state index contributed by atoms with van der Waals surface area (Å²) in [5, 5.41) is 9.81. The number of aliphatic hydroxyl groups excluding tert-OH is 1. The molecule has 0 saturated carbocycles. The summed E-state index contributed by atoms with van der Waals surface area (Å²) in [4.78, 5) is 23.9. The van der Waals surface area contributed by atoms with Crippen LogP contribution in [0, 0.1) is 0 Å². The predicted molar refractivity (Wildman–Crippen MR) is 132 cm³/mol. The summed E-state index contributed by atoms with van der Waals surface area (Å²) in [7, 11) is 0. The standard InChI is InChI=1S/C28H44O5/c1-2-3-4-5-6-7-8-9-10-11-12-13-14-15-16-17-18-24-21-28(23-29,33-27(24)31)22-25-19-20-32-26(25)30/h9-10,18,22,29H,2-8,11-17,19-21,23H2,1H3/b10-9-,24-18-,25-22+/t28-/m0/s1. The largest absolute Gasteiger partial charge is 0.462 e. The van der Waals surface area contributed by atoms with Gasteiger partial charge in [0.1, 0.15) is 0 Å². The van der Waals surface area contributed by atoms with E-state index in [1.165, 1.54) is 70.6 Å². The van der Waals surface area contributed by atoms with Gasteiger partial charge < -0.3 is 14.6 Å². The molecule has 2 rings (SSSR count). The minimum absolute atomic E-state index is 0.310. The lowest BCUT2D eigenvalue weighted by Gasteiger charge is -2.20. The third-order valence-electron chi connectivity index (χ3n) is 6.48. The molecule has 186 valence electrons. The molecular formula is C28H44O5. The number of hydrogen-bond donors (Lipinski definition) is 1. The van der Waals surface area contributed by atoms with E-state index < -0.39 is 5.60 Å². The van der Waals surface area contributed by atoms with Gasteiger partial charge in [-0.25, -0.2) is 9.59 Å². The van der Waals surface area contributed by atoms with Gasteiger partial charge >= 0.3 is 11.9 Å². The highest BCUT2D eigenvalue weighted by Crippen LogP contribution is 2.34. The molecule has 0 aliphatic carbocycles. The van der Waals surface area contributed by atoms with Crippen LogP contribution in [0.4, 0.5) is 0 Å². The number of cyclic esters (lactones) is 2. The fourth-order valence-corrected chi connectivity index (χ4v) is 4.44. The second kappa shape index (κ2) is 15.9. The fourth-order valence-electron chi connectivity index (χ4n) is 4.44. The van der Waals surface area contributed by atoms with Gasteiger partial charge in [-0.1, -0.05) is 76.5 Å². The lowest BCUT2D eigenvalue weighted by molar-refractivity contribution is -0.146. The quantitative estimate of drug-likeness (QED) is 0.116. The van der Waals surface area contributed by atoms with Crippen LogP contribution in [0.25, 0.3) is 0 Å². The minimum atomic E-state index is -1.12. The summed E-state index contributed by atoms with van der Waals surface area (Å²) in [5.41, 5.74) is -0.0393. The maximum Gasteiger partial charge on any atom is 0.334 e. The highest BCUT2D eigenvalue weighted by atomic mass is 16.6. The first kappa shape index (κ1) is 27.4. The van der Waals surface area contributed by atoms with E-state index in [2.05, 4.69) is 19.1 Å². The van der Waals surface area contributed by atoms with Gasteiger partial charge in [-0.3, -0.25) is 0 Å². The maximum absolute atomic E-state index is 12.2. The lowest BCUT2D eigenvalue weighted by Crippen LogP contribution is -2.31.